The molecule has 0 fully saturated rings. The molecule has 0 bridgehead atoms. The molecule has 0 unspecified atom stereocenters. The van der Waals surface area contributed by atoms with E-state index in [9.17, 15) is 9.18 Å². The minimum absolute atomic E-state index is 0.202. The minimum Gasteiger partial charge on any atom is -0.491 e. The van der Waals surface area contributed by atoms with Crippen molar-refractivity contribution in [3.63, 3.8) is 0 Å². The third-order valence-corrected chi connectivity index (χ3v) is 2.37. The van der Waals surface area contributed by atoms with Gasteiger partial charge in [0.2, 0.25) is 5.91 Å². The predicted molar refractivity (Wildman–Crippen MR) is 62.8 cm³/mol. The monoisotopic (exact) mass is 240 g/mol. The Balaban J connectivity index is 2.27. The molecular weight excluding hydrogens is 223 g/mol. The van der Waals surface area contributed by atoms with Gasteiger partial charge in [0, 0.05) is 6.42 Å². The van der Waals surface area contributed by atoms with Crippen LogP contribution in [0.5, 0.6) is 5.75 Å². The molecule has 3 N–H and O–H groups in total. The average molecular weight is 240 g/mol. The van der Waals surface area contributed by atoms with Crippen LogP contribution in [0.4, 0.5) is 4.39 Å². The summed E-state index contributed by atoms with van der Waals surface area (Å²) in [6.45, 7) is 2.08. The van der Waals surface area contributed by atoms with E-state index in [0.717, 1.165) is 0 Å². The quantitative estimate of drug-likeness (QED) is 0.344. The van der Waals surface area contributed by atoms with Crippen molar-refractivity contribution in [1.82, 2.24) is 5.43 Å². The first-order valence-corrected chi connectivity index (χ1v) is 5.52. The summed E-state index contributed by atoms with van der Waals surface area (Å²) in [7, 11) is 0. The summed E-state index contributed by atoms with van der Waals surface area (Å²) in [6.07, 6.45) is 1.70. The standard InChI is InChI=1S/C12H17FN2O2/c1-9-5-4-6-10(12(9)13)17-8-3-2-7-11(16)15-14/h4-6H,2-3,7-8,14H2,1H3,(H,15,16). The highest BCUT2D eigenvalue weighted by molar-refractivity contribution is 5.75. The van der Waals surface area contributed by atoms with Gasteiger partial charge in [-0.25, -0.2) is 10.2 Å². The van der Waals surface area contributed by atoms with E-state index in [0.29, 0.717) is 31.4 Å². The van der Waals surface area contributed by atoms with Gasteiger partial charge in [-0.15, -0.1) is 0 Å². The first kappa shape index (κ1) is 13.4. The van der Waals surface area contributed by atoms with E-state index in [2.05, 4.69) is 5.43 Å². The molecule has 1 amide bonds. The molecule has 0 aromatic heterocycles. The average Bonchev–Trinajstić information content (AvgIpc) is 2.33. The number of hydrazine groups is 1. The van der Waals surface area contributed by atoms with Crippen LogP contribution in [0.3, 0.4) is 0 Å². The number of hydrogen-bond donors (Lipinski definition) is 2. The Bertz CT molecular complexity index is 383. The molecule has 1 rings (SSSR count). The van der Waals surface area contributed by atoms with Gasteiger partial charge in [-0.1, -0.05) is 12.1 Å². The van der Waals surface area contributed by atoms with Crippen molar-refractivity contribution < 1.29 is 13.9 Å². The smallest absolute Gasteiger partial charge is 0.233 e. The third-order valence-electron chi connectivity index (χ3n) is 2.37. The van der Waals surface area contributed by atoms with Crippen molar-refractivity contribution in [2.24, 2.45) is 5.84 Å². The predicted octanol–water partition coefficient (Wildman–Crippen LogP) is 1.67. The zero-order valence-corrected chi connectivity index (χ0v) is 9.83. The molecule has 0 atom stereocenters. The molecule has 0 saturated heterocycles. The van der Waals surface area contributed by atoms with Crippen molar-refractivity contribution in [3.05, 3.63) is 29.6 Å². The summed E-state index contributed by atoms with van der Waals surface area (Å²) in [5.41, 5.74) is 2.61. The van der Waals surface area contributed by atoms with Gasteiger partial charge in [-0.05, 0) is 31.4 Å². The van der Waals surface area contributed by atoms with Gasteiger partial charge < -0.3 is 4.74 Å². The summed E-state index contributed by atoms with van der Waals surface area (Å²) in [5, 5.41) is 0. The van der Waals surface area contributed by atoms with Crippen molar-refractivity contribution in [1.29, 1.82) is 0 Å². The van der Waals surface area contributed by atoms with Crippen molar-refractivity contribution in [2.45, 2.75) is 26.2 Å². The van der Waals surface area contributed by atoms with E-state index < -0.39 is 0 Å². The Morgan fingerprint density at radius 2 is 2.24 bits per heavy atom. The normalized spacial score (nSPS) is 10.1. The number of ether oxygens (including phenoxy) is 1. The number of nitrogens with one attached hydrogen (secondary N) is 1. The number of unbranched alkanes of at least 4 members (excludes halogenated alkanes) is 1. The molecule has 94 valence electrons. The number of amides is 1. The van der Waals surface area contributed by atoms with Gasteiger partial charge in [0.1, 0.15) is 0 Å². The van der Waals surface area contributed by atoms with Crippen LogP contribution in [0, 0.1) is 12.7 Å². The van der Waals surface area contributed by atoms with Gasteiger partial charge >= 0.3 is 0 Å². The number of halogens is 1. The van der Waals surface area contributed by atoms with E-state index in [1.165, 1.54) is 0 Å². The maximum absolute atomic E-state index is 13.5. The minimum atomic E-state index is -0.327. The van der Waals surface area contributed by atoms with Crippen LogP contribution in [-0.2, 0) is 4.79 Å². The Hall–Kier alpha value is -1.62. The summed E-state index contributed by atoms with van der Waals surface area (Å²) >= 11 is 0. The number of benzene rings is 1. The molecule has 0 spiro atoms. The fourth-order valence-corrected chi connectivity index (χ4v) is 1.37. The topological polar surface area (TPSA) is 64.3 Å². The van der Waals surface area contributed by atoms with Crippen LogP contribution in [0.25, 0.3) is 0 Å². The van der Waals surface area contributed by atoms with Crippen LogP contribution in [0.15, 0.2) is 18.2 Å². The molecule has 0 saturated carbocycles. The van der Waals surface area contributed by atoms with Gasteiger partial charge in [0.15, 0.2) is 11.6 Å². The molecule has 4 nitrogen and oxygen atoms in total. The van der Waals surface area contributed by atoms with Crippen molar-refractivity contribution >= 4 is 5.91 Å². The lowest BCUT2D eigenvalue weighted by Crippen LogP contribution is -2.29. The lowest BCUT2D eigenvalue weighted by Gasteiger charge is -2.08. The summed E-state index contributed by atoms with van der Waals surface area (Å²) in [4.78, 5) is 10.8. The fraction of sp³-hybridized carbons (Fsp3) is 0.417. The molecule has 17 heavy (non-hydrogen) atoms. The first-order valence-electron chi connectivity index (χ1n) is 5.52. The number of carbonyl (C=O) groups is 1. The molecule has 1 aromatic carbocycles. The maximum atomic E-state index is 13.5. The second-order valence-corrected chi connectivity index (χ2v) is 3.76. The zero-order chi connectivity index (χ0) is 12.7. The summed E-state index contributed by atoms with van der Waals surface area (Å²) in [6, 6.07) is 5.03. The number of nitrogens with two attached hydrogens (primary N) is 1. The van der Waals surface area contributed by atoms with Crippen LogP contribution in [0.1, 0.15) is 24.8 Å². The number of rotatable bonds is 6. The molecule has 0 aliphatic rings. The Morgan fingerprint density at radius 1 is 1.47 bits per heavy atom. The Morgan fingerprint density at radius 3 is 2.94 bits per heavy atom. The van der Waals surface area contributed by atoms with Crippen LogP contribution >= 0.6 is 0 Å². The van der Waals surface area contributed by atoms with Gasteiger partial charge in [-0.3, -0.25) is 10.2 Å². The van der Waals surface area contributed by atoms with Crippen molar-refractivity contribution in [2.75, 3.05) is 6.61 Å². The van der Waals surface area contributed by atoms with Crippen LogP contribution in [-0.4, -0.2) is 12.5 Å². The van der Waals surface area contributed by atoms with Crippen LogP contribution in [0.2, 0.25) is 0 Å². The SMILES string of the molecule is Cc1cccc(OCCCCC(=O)NN)c1F. The highest BCUT2D eigenvalue weighted by Crippen LogP contribution is 2.19. The molecule has 0 radical (unpaired) electrons. The highest BCUT2D eigenvalue weighted by Gasteiger charge is 2.05. The number of aryl methyl sites for hydroxylation is 1. The fourth-order valence-electron chi connectivity index (χ4n) is 1.37. The van der Waals surface area contributed by atoms with E-state index in [1.54, 1.807) is 25.1 Å². The zero-order valence-electron chi connectivity index (χ0n) is 9.83. The maximum Gasteiger partial charge on any atom is 0.233 e. The summed E-state index contributed by atoms with van der Waals surface area (Å²) in [5.74, 6) is 4.66. The second kappa shape index (κ2) is 6.85. The molecule has 0 aliphatic heterocycles. The molecular formula is C12H17FN2O2. The third kappa shape index (κ3) is 4.40. The lowest BCUT2D eigenvalue weighted by atomic mass is 10.2. The van der Waals surface area contributed by atoms with E-state index >= 15 is 0 Å². The molecule has 0 aliphatic carbocycles. The number of hydrogen-bond acceptors (Lipinski definition) is 3. The van der Waals surface area contributed by atoms with Gasteiger partial charge in [-0.2, -0.15) is 0 Å². The molecule has 0 heterocycles. The van der Waals surface area contributed by atoms with E-state index in [4.69, 9.17) is 10.6 Å². The Kier molecular flexibility index (Phi) is 5.42. The van der Waals surface area contributed by atoms with Gasteiger partial charge in [0.05, 0.1) is 6.61 Å². The highest BCUT2D eigenvalue weighted by atomic mass is 19.1. The second-order valence-electron chi connectivity index (χ2n) is 3.76. The first-order chi connectivity index (χ1) is 8.15. The van der Waals surface area contributed by atoms with Crippen molar-refractivity contribution in [3.8, 4) is 5.75 Å². The Labute approximate surface area is 99.9 Å². The molecule has 1 aromatic rings. The van der Waals surface area contributed by atoms with Gasteiger partial charge in [0.25, 0.3) is 0 Å². The summed E-state index contributed by atoms with van der Waals surface area (Å²) < 4.78 is 18.8. The molecule has 5 heteroatoms. The number of carbonyl (C=O) groups excluding carboxylic acids is 1. The lowest BCUT2D eigenvalue weighted by molar-refractivity contribution is -0.121. The van der Waals surface area contributed by atoms with Crippen LogP contribution < -0.4 is 16.0 Å². The van der Waals surface area contributed by atoms with E-state index in [-0.39, 0.29) is 17.5 Å². The van der Waals surface area contributed by atoms with E-state index in [1.807, 2.05) is 0 Å². The largest absolute Gasteiger partial charge is 0.491 e.